The van der Waals surface area contributed by atoms with Gasteiger partial charge in [0.15, 0.2) is 11.5 Å². The Morgan fingerprint density at radius 1 is 1.28 bits per heavy atom. The highest BCUT2D eigenvalue weighted by atomic mass is 16.5. The Bertz CT molecular complexity index is 431. The molecule has 4 nitrogen and oxygen atoms in total. The number of benzene rings is 1. The average molecular weight is 251 g/mol. The maximum Gasteiger partial charge on any atom is 0.163 e. The van der Waals surface area contributed by atoms with Crippen molar-refractivity contribution in [3.63, 3.8) is 0 Å². The molecule has 0 aromatic heterocycles. The van der Waals surface area contributed by atoms with Gasteiger partial charge in [0.05, 0.1) is 12.7 Å². The largest absolute Gasteiger partial charge is 0.504 e. The van der Waals surface area contributed by atoms with E-state index in [1.807, 2.05) is 6.07 Å². The van der Waals surface area contributed by atoms with Crippen molar-refractivity contribution in [3.05, 3.63) is 23.3 Å². The zero-order chi connectivity index (χ0) is 13.3. The van der Waals surface area contributed by atoms with Gasteiger partial charge in [-0.05, 0) is 23.1 Å². The van der Waals surface area contributed by atoms with Crippen LogP contribution in [0.3, 0.4) is 0 Å². The summed E-state index contributed by atoms with van der Waals surface area (Å²) in [6.45, 7) is 8.31. The van der Waals surface area contributed by atoms with Crippen molar-refractivity contribution >= 4 is 0 Å². The van der Waals surface area contributed by atoms with Gasteiger partial charge in [-0.25, -0.2) is 0 Å². The number of hydrogen-bond donors (Lipinski definition) is 3. The number of phenolic OH excluding ortho intramolecular Hbond substituents is 2. The Morgan fingerprint density at radius 3 is 2.56 bits per heavy atom. The molecule has 1 saturated heterocycles. The van der Waals surface area contributed by atoms with Gasteiger partial charge in [-0.2, -0.15) is 0 Å². The van der Waals surface area contributed by atoms with E-state index in [1.165, 1.54) is 0 Å². The third kappa shape index (κ3) is 2.60. The van der Waals surface area contributed by atoms with E-state index in [2.05, 4.69) is 26.1 Å². The molecule has 0 aliphatic carbocycles. The van der Waals surface area contributed by atoms with E-state index in [4.69, 9.17) is 4.74 Å². The summed E-state index contributed by atoms with van der Waals surface area (Å²) in [4.78, 5) is 0. The second-order valence-electron chi connectivity index (χ2n) is 5.75. The average Bonchev–Trinajstić information content (AvgIpc) is 2.32. The van der Waals surface area contributed by atoms with Crippen molar-refractivity contribution < 1.29 is 14.9 Å². The van der Waals surface area contributed by atoms with E-state index in [1.54, 1.807) is 6.07 Å². The number of aromatic hydroxyl groups is 2. The number of hydrogen-bond acceptors (Lipinski definition) is 4. The van der Waals surface area contributed by atoms with Crippen LogP contribution in [-0.2, 0) is 10.2 Å². The summed E-state index contributed by atoms with van der Waals surface area (Å²) in [5.74, 6) is -0.150. The van der Waals surface area contributed by atoms with Crippen LogP contribution in [0, 0.1) is 0 Å². The Labute approximate surface area is 108 Å². The minimum absolute atomic E-state index is 0.0725. The van der Waals surface area contributed by atoms with Crippen molar-refractivity contribution in [3.8, 4) is 11.5 Å². The molecule has 0 amide bonds. The highest BCUT2D eigenvalue weighted by Gasteiger charge is 2.24. The van der Waals surface area contributed by atoms with Crippen LogP contribution in [0.4, 0.5) is 0 Å². The third-order valence-corrected chi connectivity index (χ3v) is 3.26. The molecule has 3 N–H and O–H groups in total. The van der Waals surface area contributed by atoms with Gasteiger partial charge in [-0.3, -0.25) is 0 Å². The topological polar surface area (TPSA) is 61.7 Å². The molecule has 1 aromatic rings. The summed E-state index contributed by atoms with van der Waals surface area (Å²) >= 11 is 0. The number of nitrogens with one attached hydrogen (secondary N) is 1. The Balaban J connectivity index is 2.42. The van der Waals surface area contributed by atoms with E-state index in [0.29, 0.717) is 18.7 Å². The molecule has 1 atom stereocenters. The van der Waals surface area contributed by atoms with Gasteiger partial charge in [-0.1, -0.05) is 20.8 Å². The lowest BCUT2D eigenvalue weighted by atomic mass is 9.85. The molecular formula is C14H21NO3. The van der Waals surface area contributed by atoms with Gasteiger partial charge >= 0.3 is 0 Å². The molecule has 0 bridgehead atoms. The lowest BCUT2D eigenvalue weighted by molar-refractivity contribution is 0.0260. The van der Waals surface area contributed by atoms with Crippen molar-refractivity contribution in [1.29, 1.82) is 0 Å². The summed E-state index contributed by atoms with van der Waals surface area (Å²) < 4.78 is 5.63. The number of ether oxygens (including phenoxy) is 1. The minimum atomic E-state index is -0.202. The quantitative estimate of drug-likeness (QED) is 0.669. The summed E-state index contributed by atoms with van der Waals surface area (Å²) in [5, 5.41) is 23.1. The molecule has 1 heterocycles. The lowest BCUT2D eigenvalue weighted by Crippen LogP contribution is -2.33. The first kappa shape index (κ1) is 13.2. The van der Waals surface area contributed by atoms with Crippen LogP contribution in [-0.4, -0.2) is 29.9 Å². The smallest absolute Gasteiger partial charge is 0.163 e. The highest BCUT2D eigenvalue weighted by molar-refractivity contribution is 5.50. The summed E-state index contributed by atoms with van der Waals surface area (Å²) in [7, 11) is 0. The molecule has 4 heteroatoms. The molecule has 1 aliphatic rings. The van der Waals surface area contributed by atoms with Crippen LogP contribution >= 0.6 is 0 Å². The first-order valence-corrected chi connectivity index (χ1v) is 6.28. The minimum Gasteiger partial charge on any atom is -0.504 e. The van der Waals surface area contributed by atoms with Gasteiger partial charge in [0.25, 0.3) is 0 Å². The van der Waals surface area contributed by atoms with Gasteiger partial charge in [0.2, 0.25) is 0 Å². The zero-order valence-corrected chi connectivity index (χ0v) is 11.2. The van der Waals surface area contributed by atoms with Crippen molar-refractivity contribution in [1.82, 2.24) is 5.32 Å². The van der Waals surface area contributed by atoms with Crippen molar-refractivity contribution in [2.24, 2.45) is 0 Å². The second kappa shape index (κ2) is 4.78. The van der Waals surface area contributed by atoms with Crippen LogP contribution < -0.4 is 5.32 Å². The first-order valence-electron chi connectivity index (χ1n) is 6.28. The Hall–Kier alpha value is -1.26. The fraction of sp³-hybridized carbons (Fsp3) is 0.571. The molecule has 1 unspecified atom stereocenters. The van der Waals surface area contributed by atoms with Crippen LogP contribution in [0.15, 0.2) is 12.1 Å². The molecule has 1 aliphatic heterocycles. The van der Waals surface area contributed by atoms with E-state index in [9.17, 15) is 10.2 Å². The van der Waals surface area contributed by atoms with Crippen LogP contribution in [0.1, 0.15) is 38.0 Å². The molecule has 2 rings (SSSR count). The SMILES string of the molecule is CC(C)(C)c1cc(O)c(O)c(C2CNCCO2)c1. The predicted octanol–water partition coefficient (Wildman–Crippen LogP) is 2.06. The number of rotatable bonds is 1. The lowest BCUT2D eigenvalue weighted by Gasteiger charge is -2.27. The van der Waals surface area contributed by atoms with Crippen molar-refractivity contribution in [2.75, 3.05) is 19.7 Å². The van der Waals surface area contributed by atoms with E-state index >= 15 is 0 Å². The van der Waals surface area contributed by atoms with E-state index in [-0.39, 0.29) is 23.0 Å². The highest BCUT2D eigenvalue weighted by Crippen LogP contribution is 2.39. The molecule has 0 saturated carbocycles. The van der Waals surface area contributed by atoms with Gasteiger partial charge in [0.1, 0.15) is 0 Å². The van der Waals surface area contributed by atoms with E-state index in [0.717, 1.165) is 12.1 Å². The Morgan fingerprint density at radius 2 is 2.00 bits per heavy atom. The van der Waals surface area contributed by atoms with Gasteiger partial charge < -0.3 is 20.3 Å². The summed E-state index contributed by atoms with van der Waals surface area (Å²) in [5.41, 5.74) is 1.57. The third-order valence-electron chi connectivity index (χ3n) is 3.26. The molecule has 0 radical (unpaired) electrons. The standard InChI is InChI=1S/C14H21NO3/c1-14(2,3)9-6-10(13(17)11(16)7-9)12-8-15-4-5-18-12/h6-7,12,15-17H,4-5,8H2,1-3H3. The van der Waals surface area contributed by atoms with Crippen LogP contribution in [0.25, 0.3) is 0 Å². The summed E-state index contributed by atoms with van der Waals surface area (Å²) in [6.07, 6.45) is -0.202. The maximum atomic E-state index is 9.98. The fourth-order valence-electron chi connectivity index (χ4n) is 2.08. The van der Waals surface area contributed by atoms with E-state index < -0.39 is 0 Å². The molecule has 0 spiro atoms. The predicted molar refractivity (Wildman–Crippen MR) is 70.0 cm³/mol. The maximum absolute atomic E-state index is 9.98. The molecular weight excluding hydrogens is 230 g/mol. The number of morpholine rings is 1. The monoisotopic (exact) mass is 251 g/mol. The summed E-state index contributed by atoms with van der Waals surface area (Å²) in [6, 6.07) is 3.54. The first-order chi connectivity index (χ1) is 8.39. The zero-order valence-electron chi connectivity index (χ0n) is 11.2. The van der Waals surface area contributed by atoms with Gasteiger partial charge in [-0.15, -0.1) is 0 Å². The van der Waals surface area contributed by atoms with Crippen LogP contribution in [0.5, 0.6) is 11.5 Å². The fourth-order valence-corrected chi connectivity index (χ4v) is 2.08. The number of phenols is 2. The molecule has 100 valence electrons. The van der Waals surface area contributed by atoms with Crippen molar-refractivity contribution in [2.45, 2.75) is 32.3 Å². The molecule has 1 aromatic carbocycles. The molecule has 18 heavy (non-hydrogen) atoms. The normalized spacial score (nSPS) is 20.9. The second-order valence-corrected chi connectivity index (χ2v) is 5.75. The molecule has 1 fully saturated rings. The van der Waals surface area contributed by atoms with Crippen LogP contribution in [0.2, 0.25) is 0 Å². The Kier molecular flexibility index (Phi) is 3.50. The van der Waals surface area contributed by atoms with Gasteiger partial charge in [0, 0.05) is 18.7 Å².